The average molecular weight is 574 g/mol. The number of nitrogens with one attached hydrogen (secondary N) is 4. The number of urea groups is 1. The molecule has 3 heterocycles. The van der Waals surface area contributed by atoms with Crippen molar-refractivity contribution in [3.8, 4) is 0 Å². The number of amides is 3. The Kier molecular flexibility index (Phi) is 9.37. The highest BCUT2D eigenvalue weighted by molar-refractivity contribution is 7.99. The predicted octanol–water partition coefficient (Wildman–Crippen LogP) is 5.08. The second-order valence-corrected chi connectivity index (χ2v) is 11.1. The summed E-state index contributed by atoms with van der Waals surface area (Å²) in [7, 11) is 0. The van der Waals surface area contributed by atoms with Crippen LogP contribution in [0.15, 0.2) is 71.9 Å². The first-order valence-corrected chi connectivity index (χ1v) is 14.9. The van der Waals surface area contributed by atoms with Crippen LogP contribution >= 0.6 is 11.8 Å². The molecule has 0 aliphatic carbocycles. The molecule has 2 aliphatic rings. The van der Waals surface area contributed by atoms with E-state index in [0.29, 0.717) is 65.8 Å². The molecule has 1 aromatic heterocycles. The van der Waals surface area contributed by atoms with E-state index in [4.69, 9.17) is 10.1 Å². The Hall–Kier alpha value is -4.09. The number of aromatic amines is 1. The third kappa shape index (κ3) is 7.36. The van der Waals surface area contributed by atoms with E-state index in [1.807, 2.05) is 35.0 Å². The van der Waals surface area contributed by atoms with E-state index in [0.717, 1.165) is 25.1 Å². The molecule has 1 atom stereocenters. The van der Waals surface area contributed by atoms with Crippen molar-refractivity contribution >= 4 is 46.7 Å². The smallest absolute Gasteiger partial charge is 0.323 e. The van der Waals surface area contributed by atoms with Gasteiger partial charge in [0.05, 0.1) is 24.8 Å². The maximum Gasteiger partial charge on any atom is 0.323 e. The van der Waals surface area contributed by atoms with E-state index in [-0.39, 0.29) is 11.7 Å². The average Bonchev–Trinajstić information content (AvgIpc) is 3.55. The lowest BCUT2D eigenvalue weighted by Crippen LogP contribution is -2.41. The lowest BCUT2D eigenvalue weighted by Gasteiger charge is -2.31. The Morgan fingerprint density at radius 3 is 2.20 bits per heavy atom. The summed E-state index contributed by atoms with van der Waals surface area (Å²) in [5.74, 6) is 1.56. The summed E-state index contributed by atoms with van der Waals surface area (Å²) < 4.78 is 5.47. The van der Waals surface area contributed by atoms with Gasteiger partial charge in [-0.3, -0.25) is 10.2 Å². The summed E-state index contributed by atoms with van der Waals surface area (Å²) in [6.07, 6.45) is 3.98. The molecule has 2 aliphatic heterocycles. The molecule has 0 spiro atoms. The van der Waals surface area contributed by atoms with Crippen molar-refractivity contribution in [3.05, 3.63) is 83.7 Å². The number of benzene rings is 2. The van der Waals surface area contributed by atoms with Crippen LogP contribution in [0, 0.1) is 5.41 Å². The number of carbonyl (C=O) groups is 2. The van der Waals surface area contributed by atoms with Gasteiger partial charge in [-0.25, -0.2) is 9.79 Å². The summed E-state index contributed by atoms with van der Waals surface area (Å²) in [5.41, 5.74) is 3.26. The molecule has 5 rings (SSSR count). The van der Waals surface area contributed by atoms with Crippen molar-refractivity contribution in [2.24, 2.45) is 4.99 Å². The van der Waals surface area contributed by atoms with Crippen LogP contribution in [0.5, 0.6) is 0 Å². The second kappa shape index (κ2) is 13.5. The van der Waals surface area contributed by atoms with E-state index < -0.39 is 6.03 Å². The molecule has 0 bridgehead atoms. The fraction of sp³-hybridized carbons (Fsp3) is 0.333. The number of aliphatic imine (C=N–C) groups is 1. The molecule has 214 valence electrons. The van der Waals surface area contributed by atoms with Crippen molar-refractivity contribution < 1.29 is 14.3 Å². The Labute approximate surface area is 244 Å². The van der Waals surface area contributed by atoms with Crippen LogP contribution < -0.4 is 10.6 Å². The van der Waals surface area contributed by atoms with Crippen LogP contribution in [0.4, 0.5) is 16.2 Å². The largest absolute Gasteiger partial charge is 0.378 e. The molecule has 3 amide bonds. The normalized spacial score (nSPS) is 17.7. The maximum absolute atomic E-state index is 12.8. The Morgan fingerprint density at radius 1 is 0.976 bits per heavy atom. The molecule has 11 heteroatoms. The van der Waals surface area contributed by atoms with Gasteiger partial charge in [-0.05, 0) is 73.5 Å². The minimum absolute atomic E-state index is 0.0167. The first-order valence-electron chi connectivity index (χ1n) is 13.8. The molecule has 0 radical (unpaired) electrons. The molecule has 2 aromatic carbocycles. The number of nitrogens with zero attached hydrogens (tertiary/aromatic N) is 3. The van der Waals surface area contributed by atoms with Gasteiger partial charge in [-0.15, -0.1) is 11.8 Å². The molecular weight excluding hydrogens is 538 g/mol. The minimum atomic E-state index is -0.399. The summed E-state index contributed by atoms with van der Waals surface area (Å²) in [6.45, 7) is 5.62. The van der Waals surface area contributed by atoms with Gasteiger partial charge in [0.25, 0.3) is 5.91 Å². The van der Waals surface area contributed by atoms with Crippen LogP contribution in [0.3, 0.4) is 0 Å². The number of ether oxygens (including phenoxy) is 1. The number of hydrogen-bond donors (Lipinski definition) is 4. The van der Waals surface area contributed by atoms with Crippen LogP contribution in [0.25, 0.3) is 0 Å². The maximum atomic E-state index is 12.8. The lowest BCUT2D eigenvalue weighted by atomic mass is 10.1. The highest BCUT2D eigenvalue weighted by atomic mass is 32.2. The van der Waals surface area contributed by atoms with Gasteiger partial charge >= 0.3 is 6.03 Å². The number of rotatable bonds is 6. The van der Waals surface area contributed by atoms with Crippen molar-refractivity contribution in [2.45, 2.75) is 25.0 Å². The fourth-order valence-electron chi connectivity index (χ4n) is 4.73. The number of hydrogen-bond acceptors (Lipinski definition) is 5. The zero-order chi connectivity index (χ0) is 28.6. The van der Waals surface area contributed by atoms with Crippen molar-refractivity contribution in [3.63, 3.8) is 0 Å². The van der Waals surface area contributed by atoms with Gasteiger partial charge in [0.2, 0.25) is 0 Å². The summed E-state index contributed by atoms with van der Waals surface area (Å²) >= 11 is 1.83. The van der Waals surface area contributed by atoms with Crippen molar-refractivity contribution in [1.29, 1.82) is 5.41 Å². The van der Waals surface area contributed by atoms with Gasteiger partial charge in [-0.2, -0.15) is 0 Å². The van der Waals surface area contributed by atoms with E-state index >= 15 is 0 Å². The zero-order valence-electron chi connectivity index (χ0n) is 23.1. The second-order valence-electron chi connectivity index (χ2n) is 9.88. The highest BCUT2D eigenvalue weighted by Crippen LogP contribution is 2.26. The van der Waals surface area contributed by atoms with Gasteiger partial charge in [0.15, 0.2) is 11.7 Å². The number of carbonyl (C=O) groups excluding carboxylic acids is 2. The number of morpholine rings is 1. The fourth-order valence-corrected chi connectivity index (χ4v) is 5.87. The van der Waals surface area contributed by atoms with E-state index in [9.17, 15) is 9.59 Å². The quantitative estimate of drug-likeness (QED) is 0.242. The standard InChI is InChI=1S/C30H35N7O3S/c1-2-25-13-15-37(20-41-25)29(38)22-7-11-24(12-8-22)34-30(39)33-23-9-5-21(6-10-23)27(31)35-28(26-4-3-14-32-26)36-16-18-40-19-17-36/h3-12,14,25,31-32H,2,13,15-20H2,1H3,(H2,33,34,39)/b31-27?,35-28+/t25-/m0/s1. The molecule has 0 unspecified atom stereocenters. The number of anilines is 2. The first kappa shape index (κ1) is 28.4. The van der Waals surface area contributed by atoms with Gasteiger partial charge in [0.1, 0.15) is 0 Å². The zero-order valence-corrected chi connectivity index (χ0v) is 23.9. The molecular formula is C30H35N7O3S. The van der Waals surface area contributed by atoms with Crippen LogP contribution in [0.1, 0.15) is 41.4 Å². The van der Waals surface area contributed by atoms with Crippen LogP contribution in [0.2, 0.25) is 0 Å². The molecule has 41 heavy (non-hydrogen) atoms. The van der Waals surface area contributed by atoms with Gasteiger partial charge in [0, 0.05) is 53.6 Å². The molecule has 10 nitrogen and oxygen atoms in total. The number of thioether (sulfide) groups is 1. The van der Waals surface area contributed by atoms with E-state index in [1.54, 1.807) is 48.5 Å². The summed E-state index contributed by atoms with van der Waals surface area (Å²) in [6, 6.07) is 17.4. The van der Waals surface area contributed by atoms with Crippen LogP contribution in [-0.4, -0.2) is 82.4 Å². The monoisotopic (exact) mass is 573 g/mol. The minimum Gasteiger partial charge on any atom is -0.378 e. The van der Waals surface area contributed by atoms with Crippen molar-refractivity contribution in [1.82, 2.24) is 14.8 Å². The molecule has 0 saturated carbocycles. The third-order valence-electron chi connectivity index (χ3n) is 7.10. The Balaban J connectivity index is 1.16. The molecule has 4 N–H and O–H groups in total. The third-order valence-corrected chi connectivity index (χ3v) is 8.60. The number of amidine groups is 2. The Bertz CT molecular complexity index is 1360. The summed E-state index contributed by atoms with van der Waals surface area (Å²) in [4.78, 5) is 37.2. The van der Waals surface area contributed by atoms with Gasteiger partial charge < -0.3 is 30.2 Å². The predicted molar refractivity (Wildman–Crippen MR) is 164 cm³/mol. The molecule has 2 saturated heterocycles. The van der Waals surface area contributed by atoms with E-state index in [2.05, 4.69) is 32.4 Å². The number of H-pyrrole nitrogens is 1. The van der Waals surface area contributed by atoms with Crippen molar-refractivity contribution in [2.75, 3.05) is 49.4 Å². The van der Waals surface area contributed by atoms with Crippen LogP contribution in [-0.2, 0) is 4.74 Å². The highest BCUT2D eigenvalue weighted by Gasteiger charge is 2.23. The lowest BCUT2D eigenvalue weighted by molar-refractivity contribution is 0.0682. The number of aromatic nitrogens is 1. The molecule has 2 fully saturated rings. The van der Waals surface area contributed by atoms with E-state index in [1.165, 1.54) is 0 Å². The SMILES string of the molecule is CC[C@H]1CCN(C(=O)c2ccc(NC(=O)Nc3ccc(C(=N)/N=C(\c4ccc[nH]4)N4CCOCC4)cc3)cc2)CS1. The molecule has 3 aromatic rings. The van der Waals surface area contributed by atoms with Gasteiger partial charge in [-0.1, -0.05) is 6.92 Å². The topological polar surface area (TPSA) is 126 Å². The Morgan fingerprint density at radius 2 is 1.63 bits per heavy atom. The first-order chi connectivity index (χ1) is 20.0. The summed E-state index contributed by atoms with van der Waals surface area (Å²) in [5, 5.41) is 14.8.